The van der Waals surface area contributed by atoms with Crippen LogP contribution in [0, 0.1) is 0 Å². The van der Waals surface area contributed by atoms with Crippen molar-refractivity contribution in [3.63, 3.8) is 0 Å². The van der Waals surface area contributed by atoms with E-state index >= 15 is 0 Å². The first kappa shape index (κ1) is 22.9. The van der Waals surface area contributed by atoms with E-state index in [1.165, 1.54) is 21.5 Å². The Morgan fingerprint density at radius 2 is 0.833 bits per heavy atom. The number of hydrogen-bond acceptors (Lipinski definition) is 2. The van der Waals surface area contributed by atoms with Gasteiger partial charge < -0.3 is 8.85 Å². The Kier molecular flexibility index (Phi) is 5.66. The molecule has 0 saturated carbocycles. The van der Waals surface area contributed by atoms with Crippen LogP contribution in [0.25, 0.3) is 21.5 Å². The highest BCUT2D eigenvalue weighted by Crippen LogP contribution is 2.39. The minimum absolute atomic E-state index is 0.186. The lowest BCUT2D eigenvalue weighted by atomic mass is 10.0. The zero-order valence-corrected chi connectivity index (χ0v) is 22.4. The van der Waals surface area contributed by atoms with Crippen LogP contribution in [0.5, 0.6) is 11.5 Å². The topological polar surface area (TPSA) is 18.5 Å². The Balaban J connectivity index is 1.95. The maximum atomic E-state index is 6.52. The van der Waals surface area contributed by atoms with Gasteiger partial charge >= 0.3 is 0 Å². The zero-order valence-electron chi connectivity index (χ0n) is 20.4. The number of hydrogen-bond donors (Lipinski definition) is 0. The number of rotatable bonds is 4. The third-order valence-corrected chi connectivity index (χ3v) is 15.8. The van der Waals surface area contributed by atoms with E-state index in [1.54, 1.807) is 0 Å². The highest BCUT2D eigenvalue weighted by atomic mass is 28.4. The zero-order chi connectivity index (χ0) is 22.5. The third-order valence-electron chi connectivity index (χ3n) is 7.10. The molecule has 2 nitrogen and oxygen atoms in total. The SMILES string of the molecule is CC(C)(C)[Si](C)(C)Oc1ccc2cc3cc(O[Si](C)(C)C(C)(C)C)ccc3cc2c1. The quantitative estimate of drug-likeness (QED) is 0.299. The van der Waals surface area contributed by atoms with Crippen molar-refractivity contribution in [2.45, 2.75) is 77.8 Å². The van der Waals surface area contributed by atoms with Gasteiger partial charge in [0.25, 0.3) is 0 Å². The van der Waals surface area contributed by atoms with Gasteiger partial charge in [0.1, 0.15) is 11.5 Å². The molecule has 0 fully saturated rings. The van der Waals surface area contributed by atoms with Gasteiger partial charge in [-0.25, -0.2) is 0 Å². The molecule has 0 radical (unpaired) electrons. The molecule has 0 aliphatic heterocycles. The molecule has 3 rings (SSSR count). The van der Waals surface area contributed by atoms with Crippen molar-refractivity contribution in [3.8, 4) is 11.5 Å². The Labute approximate surface area is 184 Å². The summed E-state index contributed by atoms with van der Waals surface area (Å²) < 4.78 is 13.0. The molecule has 0 spiro atoms. The molecule has 30 heavy (non-hydrogen) atoms. The van der Waals surface area contributed by atoms with Crippen molar-refractivity contribution < 1.29 is 8.85 Å². The van der Waals surface area contributed by atoms with Gasteiger partial charge in [0.15, 0.2) is 0 Å². The van der Waals surface area contributed by atoms with Crippen molar-refractivity contribution in [1.82, 2.24) is 0 Å². The summed E-state index contributed by atoms with van der Waals surface area (Å²) >= 11 is 0. The minimum Gasteiger partial charge on any atom is -0.543 e. The molecule has 3 aromatic rings. The normalized spacial score (nSPS) is 13.7. The van der Waals surface area contributed by atoms with Crippen LogP contribution in [-0.4, -0.2) is 16.6 Å². The Morgan fingerprint density at radius 1 is 0.500 bits per heavy atom. The van der Waals surface area contributed by atoms with Crippen LogP contribution in [0.4, 0.5) is 0 Å². The van der Waals surface area contributed by atoms with Crippen molar-refractivity contribution in [2.75, 3.05) is 0 Å². The van der Waals surface area contributed by atoms with E-state index in [-0.39, 0.29) is 10.1 Å². The Hall–Kier alpha value is -1.79. The second-order valence-corrected chi connectivity index (χ2v) is 21.0. The van der Waals surface area contributed by atoms with Crippen LogP contribution in [0.3, 0.4) is 0 Å². The molecule has 162 valence electrons. The average Bonchev–Trinajstić information content (AvgIpc) is 2.57. The van der Waals surface area contributed by atoms with E-state index in [4.69, 9.17) is 8.85 Å². The van der Waals surface area contributed by atoms with Gasteiger partial charge in [0.2, 0.25) is 16.6 Å². The number of fused-ring (bicyclic) bond motifs is 2. The van der Waals surface area contributed by atoms with E-state index in [0.717, 1.165) is 11.5 Å². The molecule has 0 heterocycles. The van der Waals surface area contributed by atoms with E-state index in [9.17, 15) is 0 Å². The summed E-state index contributed by atoms with van der Waals surface area (Å²) in [6.45, 7) is 22.8. The first-order valence-electron chi connectivity index (χ1n) is 10.9. The van der Waals surface area contributed by atoms with Gasteiger partial charge in [-0.15, -0.1) is 0 Å². The fourth-order valence-electron chi connectivity index (χ4n) is 2.98. The van der Waals surface area contributed by atoms with Crippen molar-refractivity contribution in [1.29, 1.82) is 0 Å². The maximum Gasteiger partial charge on any atom is 0.250 e. The molecule has 3 aromatic carbocycles. The molecular formula is C26H38O2Si2. The molecule has 0 atom stereocenters. The number of benzene rings is 3. The first-order chi connectivity index (χ1) is 13.6. The third kappa shape index (κ3) is 4.60. The summed E-state index contributed by atoms with van der Waals surface area (Å²) in [6.07, 6.45) is 0. The van der Waals surface area contributed by atoms with Gasteiger partial charge in [-0.3, -0.25) is 0 Å². The lowest BCUT2D eigenvalue weighted by Gasteiger charge is -2.36. The monoisotopic (exact) mass is 438 g/mol. The lowest BCUT2D eigenvalue weighted by Crippen LogP contribution is -2.43. The van der Waals surface area contributed by atoms with Crippen LogP contribution in [0.1, 0.15) is 41.5 Å². The maximum absolute atomic E-state index is 6.52. The van der Waals surface area contributed by atoms with Crippen LogP contribution in [0.2, 0.25) is 36.3 Å². The molecule has 0 aromatic heterocycles. The molecular weight excluding hydrogens is 400 g/mol. The van der Waals surface area contributed by atoms with E-state index in [0.29, 0.717) is 0 Å². The van der Waals surface area contributed by atoms with Crippen molar-refractivity contribution in [3.05, 3.63) is 48.5 Å². The lowest BCUT2D eigenvalue weighted by molar-refractivity contribution is 0.492. The molecule has 0 aliphatic carbocycles. The summed E-state index contributed by atoms with van der Waals surface area (Å²) in [5.74, 6) is 1.96. The van der Waals surface area contributed by atoms with Gasteiger partial charge in [-0.2, -0.15) is 0 Å². The average molecular weight is 439 g/mol. The van der Waals surface area contributed by atoms with Crippen LogP contribution in [-0.2, 0) is 0 Å². The van der Waals surface area contributed by atoms with Crippen molar-refractivity contribution >= 4 is 38.2 Å². The fraction of sp³-hybridized carbons (Fsp3) is 0.462. The van der Waals surface area contributed by atoms with E-state index < -0.39 is 16.6 Å². The molecule has 0 aliphatic rings. The van der Waals surface area contributed by atoms with Crippen LogP contribution < -0.4 is 8.85 Å². The van der Waals surface area contributed by atoms with Gasteiger partial charge in [0.05, 0.1) is 0 Å². The van der Waals surface area contributed by atoms with Gasteiger partial charge in [0, 0.05) is 0 Å². The second kappa shape index (κ2) is 7.42. The summed E-state index contributed by atoms with van der Waals surface area (Å²) in [5, 5.41) is 5.27. The van der Waals surface area contributed by atoms with Gasteiger partial charge in [-0.1, -0.05) is 53.7 Å². The van der Waals surface area contributed by atoms with Crippen LogP contribution >= 0.6 is 0 Å². The highest BCUT2D eigenvalue weighted by molar-refractivity contribution is 6.75. The summed E-state index contributed by atoms with van der Waals surface area (Å²) in [4.78, 5) is 0. The molecule has 0 bridgehead atoms. The standard InChI is InChI=1S/C26H38O2Si2/c1-25(2,3)29(7,8)27-23-13-11-19-16-22-18-24(28-30(9,10)26(4,5)6)14-12-20(22)15-21(19)17-23/h11-18H,1-10H3. The molecule has 0 saturated heterocycles. The van der Waals surface area contributed by atoms with Crippen LogP contribution in [0.15, 0.2) is 48.5 Å². The molecule has 0 N–H and O–H groups in total. The van der Waals surface area contributed by atoms with Gasteiger partial charge in [-0.05, 0) is 94.2 Å². The molecule has 0 unspecified atom stereocenters. The molecule has 0 amide bonds. The predicted molar refractivity (Wildman–Crippen MR) is 137 cm³/mol. The minimum atomic E-state index is -1.85. The fourth-order valence-corrected chi connectivity index (χ4v) is 5.02. The first-order valence-corrected chi connectivity index (χ1v) is 16.8. The summed E-state index contributed by atoms with van der Waals surface area (Å²) in [7, 11) is -3.69. The summed E-state index contributed by atoms with van der Waals surface area (Å²) in [6, 6.07) is 17.5. The second-order valence-electron chi connectivity index (χ2n) is 11.6. The summed E-state index contributed by atoms with van der Waals surface area (Å²) in [5.41, 5.74) is 0. The largest absolute Gasteiger partial charge is 0.543 e. The highest BCUT2D eigenvalue weighted by Gasteiger charge is 2.39. The Morgan fingerprint density at radius 3 is 1.13 bits per heavy atom. The van der Waals surface area contributed by atoms with E-state index in [1.807, 2.05) is 0 Å². The van der Waals surface area contributed by atoms with Crippen molar-refractivity contribution in [2.24, 2.45) is 0 Å². The smallest absolute Gasteiger partial charge is 0.250 e. The molecule has 4 heteroatoms. The Bertz CT molecular complexity index is 983. The van der Waals surface area contributed by atoms with E-state index in [2.05, 4.69) is 116 Å². The predicted octanol–water partition coefficient (Wildman–Crippen LogP) is 8.76.